The van der Waals surface area contributed by atoms with Crippen molar-refractivity contribution in [3.63, 3.8) is 0 Å². The molecule has 1 rings (SSSR count). The minimum Gasteiger partial charge on any atom is -0.481 e. The van der Waals surface area contributed by atoms with Gasteiger partial charge in [0, 0.05) is 19.2 Å². The SMILES string of the molecule is COc1ccc(NC(=O)C(=O)NCCN(C)C)cn1. The first-order valence-electron chi connectivity index (χ1n) is 5.77. The minimum atomic E-state index is -0.717. The highest BCUT2D eigenvalue weighted by Crippen LogP contribution is 2.10. The van der Waals surface area contributed by atoms with Crippen LogP contribution in [0.5, 0.6) is 5.88 Å². The van der Waals surface area contributed by atoms with E-state index in [0.29, 0.717) is 24.7 Å². The van der Waals surface area contributed by atoms with Crippen molar-refractivity contribution in [3.8, 4) is 5.88 Å². The van der Waals surface area contributed by atoms with Crippen LogP contribution in [0.2, 0.25) is 0 Å². The number of hydrogen-bond acceptors (Lipinski definition) is 5. The van der Waals surface area contributed by atoms with Gasteiger partial charge in [-0.3, -0.25) is 9.59 Å². The Hall–Kier alpha value is -2.15. The molecule has 0 aromatic carbocycles. The largest absolute Gasteiger partial charge is 0.481 e. The fourth-order valence-corrected chi connectivity index (χ4v) is 1.24. The molecule has 1 aromatic heterocycles. The van der Waals surface area contributed by atoms with E-state index in [1.165, 1.54) is 13.3 Å². The maximum absolute atomic E-state index is 11.5. The van der Waals surface area contributed by atoms with E-state index in [1.54, 1.807) is 12.1 Å². The molecule has 0 aliphatic rings. The van der Waals surface area contributed by atoms with Crippen molar-refractivity contribution >= 4 is 17.5 Å². The van der Waals surface area contributed by atoms with Crippen LogP contribution in [-0.4, -0.2) is 56.0 Å². The molecule has 0 spiro atoms. The summed E-state index contributed by atoms with van der Waals surface area (Å²) < 4.78 is 4.89. The number of ether oxygens (including phenoxy) is 1. The van der Waals surface area contributed by atoms with Gasteiger partial charge in [-0.15, -0.1) is 0 Å². The Kier molecular flexibility index (Phi) is 5.74. The highest BCUT2D eigenvalue weighted by Gasteiger charge is 2.13. The van der Waals surface area contributed by atoms with Crippen molar-refractivity contribution < 1.29 is 14.3 Å². The number of methoxy groups -OCH3 is 1. The van der Waals surface area contributed by atoms with Crippen molar-refractivity contribution in [1.29, 1.82) is 0 Å². The van der Waals surface area contributed by atoms with Gasteiger partial charge < -0.3 is 20.3 Å². The first-order chi connectivity index (χ1) is 9.02. The lowest BCUT2D eigenvalue weighted by atomic mass is 10.4. The third-order valence-electron chi connectivity index (χ3n) is 2.25. The Bertz CT molecular complexity index is 431. The molecule has 0 bridgehead atoms. The minimum absolute atomic E-state index is 0.417. The van der Waals surface area contributed by atoms with Crippen LogP contribution in [-0.2, 0) is 9.59 Å². The van der Waals surface area contributed by atoms with Crippen LogP contribution in [0.25, 0.3) is 0 Å². The summed E-state index contributed by atoms with van der Waals surface area (Å²) in [4.78, 5) is 28.8. The van der Waals surface area contributed by atoms with Gasteiger partial charge >= 0.3 is 11.8 Å². The maximum atomic E-state index is 11.5. The third-order valence-corrected chi connectivity index (χ3v) is 2.25. The Morgan fingerprint density at radius 2 is 2.05 bits per heavy atom. The molecule has 0 saturated carbocycles. The zero-order valence-corrected chi connectivity index (χ0v) is 11.3. The summed E-state index contributed by atoms with van der Waals surface area (Å²) in [5, 5.41) is 4.97. The van der Waals surface area contributed by atoms with Crippen LogP contribution in [0, 0.1) is 0 Å². The second-order valence-electron chi connectivity index (χ2n) is 4.10. The van der Waals surface area contributed by atoms with Crippen molar-refractivity contribution in [2.75, 3.05) is 39.6 Å². The zero-order chi connectivity index (χ0) is 14.3. The van der Waals surface area contributed by atoms with Crippen molar-refractivity contribution in [2.45, 2.75) is 0 Å². The Labute approximate surface area is 112 Å². The van der Waals surface area contributed by atoms with Gasteiger partial charge in [0.1, 0.15) is 0 Å². The first-order valence-corrected chi connectivity index (χ1v) is 5.77. The average Bonchev–Trinajstić information content (AvgIpc) is 2.39. The number of likely N-dealkylation sites (N-methyl/N-ethyl adjacent to an activating group) is 1. The van der Waals surface area contributed by atoms with E-state index in [4.69, 9.17) is 4.74 Å². The quantitative estimate of drug-likeness (QED) is 0.715. The number of carbonyl (C=O) groups is 2. The van der Waals surface area contributed by atoms with Crippen LogP contribution >= 0.6 is 0 Å². The number of pyridine rings is 1. The van der Waals surface area contributed by atoms with Crippen molar-refractivity contribution in [3.05, 3.63) is 18.3 Å². The molecule has 0 unspecified atom stereocenters. The molecule has 19 heavy (non-hydrogen) atoms. The van der Waals surface area contributed by atoms with E-state index in [2.05, 4.69) is 15.6 Å². The smallest absolute Gasteiger partial charge is 0.313 e. The molecular formula is C12H18N4O3. The Morgan fingerprint density at radius 3 is 2.58 bits per heavy atom. The van der Waals surface area contributed by atoms with Gasteiger partial charge in [0.2, 0.25) is 5.88 Å². The Balaban J connectivity index is 2.42. The fraction of sp³-hybridized carbons (Fsp3) is 0.417. The lowest BCUT2D eigenvalue weighted by Crippen LogP contribution is -2.38. The van der Waals surface area contributed by atoms with Gasteiger partial charge in [0.15, 0.2) is 0 Å². The van der Waals surface area contributed by atoms with Gasteiger partial charge in [0.25, 0.3) is 0 Å². The number of nitrogens with zero attached hydrogens (tertiary/aromatic N) is 2. The fourth-order valence-electron chi connectivity index (χ4n) is 1.24. The van der Waals surface area contributed by atoms with Crippen LogP contribution in [0.15, 0.2) is 18.3 Å². The molecular weight excluding hydrogens is 248 g/mol. The molecule has 104 valence electrons. The highest BCUT2D eigenvalue weighted by molar-refractivity contribution is 6.39. The monoisotopic (exact) mass is 266 g/mol. The van der Waals surface area contributed by atoms with E-state index < -0.39 is 11.8 Å². The van der Waals surface area contributed by atoms with E-state index in [9.17, 15) is 9.59 Å². The summed E-state index contributed by atoms with van der Waals surface area (Å²) >= 11 is 0. The van der Waals surface area contributed by atoms with Gasteiger partial charge in [-0.2, -0.15) is 0 Å². The summed E-state index contributed by atoms with van der Waals surface area (Å²) in [5.41, 5.74) is 0.438. The molecule has 2 N–H and O–H groups in total. The molecule has 7 heteroatoms. The van der Waals surface area contributed by atoms with Gasteiger partial charge in [-0.25, -0.2) is 4.98 Å². The standard InChI is InChI=1S/C12H18N4O3/c1-16(2)7-6-13-11(17)12(18)15-9-4-5-10(19-3)14-8-9/h4-5,8H,6-7H2,1-3H3,(H,13,17)(H,15,18). The molecule has 1 heterocycles. The zero-order valence-electron chi connectivity index (χ0n) is 11.3. The predicted molar refractivity (Wildman–Crippen MR) is 71.0 cm³/mol. The summed E-state index contributed by atoms with van der Waals surface area (Å²) in [7, 11) is 5.27. The number of hydrogen-bond donors (Lipinski definition) is 2. The number of rotatable bonds is 5. The second-order valence-corrected chi connectivity index (χ2v) is 4.10. The number of aromatic nitrogens is 1. The number of amides is 2. The molecule has 1 aromatic rings. The average molecular weight is 266 g/mol. The molecule has 2 amide bonds. The Morgan fingerprint density at radius 1 is 1.32 bits per heavy atom. The molecule has 0 radical (unpaired) electrons. The lowest BCUT2D eigenvalue weighted by molar-refractivity contribution is -0.136. The first kappa shape index (κ1) is 14.9. The van der Waals surface area contributed by atoms with E-state index >= 15 is 0 Å². The molecule has 0 aliphatic carbocycles. The van der Waals surface area contributed by atoms with Crippen molar-refractivity contribution in [1.82, 2.24) is 15.2 Å². The summed E-state index contributed by atoms with van der Waals surface area (Å²) in [5.74, 6) is -0.947. The summed E-state index contributed by atoms with van der Waals surface area (Å²) in [6, 6.07) is 3.20. The predicted octanol–water partition coefficient (Wildman–Crippen LogP) is -0.293. The normalized spacial score (nSPS) is 10.1. The molecule has 0 saturated heterocycles. The highest BCUT2D eigenvalue weighted by atomic mass is 16.5. The number of carbonyl (C=O) groups excluding carboxylic acids is 2. The third kappa shape index (κ3) is 5.35. The second kappa shape index (κ2) is 7.32. The van der Waals surface area contributed by atoms with Gasteiger partial charge in [-0.05, 0) is 20.2 Å². The summed E-state index contributed by atoms with van der Waals surface area (Å²) in [6.07, 6.45) is 1.42. The van der Waals surface area contributed by atoms with Crippen LogP contribution in [0.4, 0.5) is 5.69 Å². The van der Waals surface area contributed by atoms with Crippen LogP contribution in [0.3, 0.4) is 0 Å². The number of nitrogens with one attached hydrogen (secondary N) is 2. The molecule has 7 nitrogen and oxygen atoms in total. The van der Waals surface area contributed by atoms with E-state index in [-0.39, 0.29) is 0 Å². The van der Waals surface area contributed by atoms with Crippen LogP contribution in [0.1, 0.15) is 0 Å². The van der Waals surface area contributed by atoms with Crippen LogP contribution < -0.4 is 15.4 Å². The summed E-state index contributed by atoms with van der Waals surface area (Å²) in [6.45, 7) is 1.09. The van der Waals surface area contributed by atoms with E-state index in [0.717, 1.165) is 0 Å². The molecule has 0 atom stereocenters. The van der Waals surface area contributed by atoms with Crippen molar-refractivity contribution in [2.24, 2.45) is 0 Å². The van der Waals surface area contributed by atoms with Gasteiger partial charge in [0.05, 0.1) is 19.0 Å². The van der Waals surface area contributed by atoms with E-state index in [1.807, 2.05) is 19.0 Å². The number of anilines is 1. The topological polar surface area (TPSA) is 83.6 Å². The van der Waals surface area contributed by atoms with Gasteiger partial charge in [-0.1, -0.05) is 0 Å². The molecule has 0 fully saturated rings. The molecule has 0 aliphatic heterocycles. The maximum Gasteiger partial charge on any atom is 0.313 e. The lowest BCUT2D eigenvalue weighted by Gasteiger charge is -2.10.